The van der Waals surface area contributed by atoms with Crippen LogP contribution in [0, 0.1) is 11.2 Å². The number of benzene rings is 1. The molecule has 0 aliphatic carbocycles. The SMILES string of the molecule is CC1(CN)CCN(C(=O)c2ccc(F)cc2Br)C1.Cl. The quantitative estimate of drug-likeness (QED) is 0.890. The van der Waals surface area contributed by atoms with Crippen molar-refractivity contribution in [2.45, 2.75) is 13.3 Å². The van der Waals surface area contributed by atoms with Gasteiger partial charge >= 0.3 is 0 Å². The summed E-state index contributed by atoms with van der Waals surface area (Å²) in [6, 6.07) is 4.13. The van der Waals surface area contributed by atoms with Crippen molar-refractivity contribution in [1.29, 1.82) is 0 Å². The average Bonchev–Trinajstić information content (AvgIpc) is 2.72. The van der Waals surface area contributed by atoms with E-state index in [-0.39, 0.29) is 29.5 Å². The second-order valence-electron chi connectivity index (χ2n) is 5.12. The van der Waals surface area contributed by atoms with E-state index in [0.717, 1.165) is 6.42 Å². The monoisotopic (exact) mass is 350 g/mol. The maximum Gasteiger partial charge on any atom is 0.255 e. The lowest BCUT2D eigenvalue weighted by Gasteiger charge is -2.22. The average molecular weight is 352 g/mol. The Morgan fingerprint density at radius 2 is 2.26 bits per heavy atom. The molecule has 3 nitrogen and oxygen atoms in total. The number of rotatable bonds is 2. The van der Waals surface area contributed by atoms with Crippen molar-refractivity contribution < 1.29 is 9.18 Å². The second kappa shape index (κ2) is 6.20. The molecule has 0 bridgehead atoms. The summed E-state index contributed by atoms with van der Waals surface area (Å²) in [5, 5.41) is 0. The van der Waals surface area contributed by atoms with E-state index in [2.05, 4.69) is 22.9 Å². The summed E-state index contributed by atoms with van der Waals surface area (Å²) < 4.78 is 13.5. The van der Waals surface area contributed by atoms with Crippen molar-refractivity contribution in [2.24, 2.45) is 11.1 Å². The molecule has 6 heteroatoms. The Morgan fingerprint density at radius 3 is 2.79 bits per heavy atom. The van der Waals surface area contributed by atoms with Crippen LogP contribution in [-0.2, 0) is 0 Å². The summed E-state index contributed by atoms with van der Waals surface area (Å²) in [5.74, 6) is -0.425. The summed E-state index contributed by atoms with van der Waals surface area (Å²) in [6.45, 7) is 4.02. The third kappa shape index (κ3) is 3.46. The first-order chi connectivity index (χ1) is 8.45. The zero-order valence-electron chi connectivity index (χ0n) is 10.7. The van der Waals surface area contributed by atoms with Gasteiger partial charge in [0.1, 0.15) is 5.82 Å². The first-order valence-electron chi connectivity index (χ1n) is 5.90. The highest BCUT2D eigenvalue weighted by Gasteiger charge is 2.35. The van der Waals surface area contributed by atoms with Crippen LogP contribution in [0.15, 0.2) is 22.7 Å². The molecule has 0 spiro atoms. The van der Waals surface area contributed by atoms with Gasteiger partial charge in [-0.05, 0) is 52.5 Å². The fourth-order valence-corrected chi connectivity index (χ4v) is 2.72. The van der Waals surface area contributed by atoms with Crippen molar-refractivity contribution in [3.05, 3.63) is 34.1 Å². The predicted molar refractivity (Wildman–Crippen MR) is 79.0 cm³/mol. The lowest BCUT2D eigenvalue weighted by molar-refractivity contribution is 0.0776. The van der Waals surface area contributed by atoms with Gasteiger partial charge in [-0.15, -0.1) is 12.4 Å². The Hall–Kier alpha value is -0.650. The van der Waals surface area contributed by atoms with E-state index in [1.54, 1.807) is 4.90 Å². The summed E-state index contributed by atoms with van der Waals surface area (Å²) >= 11 is 3.23. The number of carbonyl (C=O) groups is 1. The van der Waals surface area contributed by atoms with Gasteiger partial charge in [-0.3, -0.25) is 4.79 Å². The summed E-state index contributed by atoms with van der Waals surface area (Å²) in [4.78, 5) is 14.1. The molecule has 0 radical (unpaired) electrons. The number of amides is 1. The fraction of sp³-hybridized carbons (Fsp3) is 0.462. The molecule has 1 heterocycles. The van der Waals surface area contributed by atoms with Crippen molar-refractivity contribution in [3.8, 4) is 0 Å². The zero-order chi connectivity index (χ0) is 13.3. The molecule has 1 aliphatic heterocycles. The molecule has 0 saturated carbocycles. The molecule has 1 amide bonds. The van der Waals surface area contributed by atoms with Crippen LogP contribution in [0.4, 0.5) is 4.39 Å². The van der Waals surface area contributed by atoms with Crippen LogP contribution in [0.2, 0.25) is 0 Å². The maximum absolute atomic E-state index is 13.0. The van der Waals surface area contributed by atoms with Gasteiger partial charge < -0.3 is 10.6 Å². The van der Waals surface area contributed by atoms with Crippen LogP contribution in [-0.4, -0.2) is 30.4 Å². The van der Waals surface area contributed by atoms with Gasteiger partial charge in [0.2, 0.25) is 0 Å². The van der Waals surface area contributed by atoms with Crippen LogP contribution in [0.5, 0.6) is 0 Å². The van der Waals surface area contributed by atoms with Gasteiger partial charge in [-0.2, -0.15) is 0 Å². The van der Waals surface area contributed by atoms with Crippen molar-refractivity contribution in [1.82, 2.24) is 4.90 Å². The standard InChI is InChI=1S/C13H16BrFN2O.ClH/c1-13(7-16)4-5-17(8-13)12(18)10-3-2-9(15)6-11(10)14;/h2-3,6H,4-5,7-8,16H2,1H3;1H. The minimum atomic E-state index is -0.355. The van der Waals surface area contributed by atoms with E-state index >= 15 is 0 Å². The number of nitrogens with zero attached hydrogens (tertiary/aromatic N) is 1. The summed E-state index contributed by atoms with van der Waals surface area (Å²) in [5.41, 5.74) is 6.22. The maximum atomic E-state index is 13.0. The number of hydrogen-bond acceptors (Lipinski definition) is 2. The third-order valence-corrected chi connectivity index (χ3v) is 4.16. The number of halogens is 3. The first-order valence-corrected chi connectivity index (χ1v) is 6.69. The van der Waals surface area contributed by atoms with Crippen LogP contribution < -0.4 is 5.73 Å². The molecule has 0 aromatic heterocycles. The summed E-state index contributed by atoms with van der Waals surface area (Å²) in [6.07, 6.45) is 0.911. The first kappa shape index (κ1) is 16.4. The van der Waals surface area contributed by atoms with Crippen LogP contribution in [0.1, 0.15) is 23.7 Å². The number of likely N-dealkylation sites (tertiary alicyclic amines) is 1. The van der Waals surface area contributed by atoms with Gasteiger partial charge in [0, 0.05) is 17.6 Å². The smallest absolute Gasteiger partial charge is 0.255 e. The van der Waals surface area contributed by atoms with Crippen molar-refractivity contribution >= 4 is 34.2 Å². The van der Waals surface area contributed by atoms with Gasteiger partial charge in [-0.1, -0.05) is 6.92 Å². The van der Waals surface area contributed by atoms with E-state index in [9.17, 15) is 9.18 Å². The van der Waals surface area contributed by atoms with Gasteiger partial charge in [0.05, 0.1) is 5.56 Å². The molecule has 2 rings (SSSR count). The number of nitrogens with two attached hydrogens (primary N) is 1. The van der Waals surface area contributed by atoms with E-state index in [1.165, 1.54) is 18.2 Å². The highest BCUT2D eigenvalue weighted by atomic mass is 79.9. The number of carbonyl (C=O) groups excluding carboxylic acids is 1. The Morgan fingerprint density at radius 1 is 1.58 bits per heavy atom. The lowest BCUT2D eigenvalue weighted by Crippen LogP contribution is -2.34. The van der Waals surface area contributed by atoms with E-state index in [4.69, 9.17) is 5.73 Å². The molecule has 1 fully saturated rings. The Balaban J connectivity index is 0.00000180. The van der Waals surface area contributed by atoms with Crippen LogP contribution in [0.3, 0.4) is 0 Å². The van der Waals surface area contributed by atoms with Crippen LogP contribution in [0.25, 0.3) is 0 Å². The molecular weight excluding hydrogens is 335 g/mol. The largest absolute Gasteiger partial charge is 0.338 e. The Labute approximate surface area is 126 Å². The topological polar surface area (TPSA) is 46.3 Å². The van der Waals surface area contributed by atoms with E-state index in [0.29, 0.717) is 29.7 Å². The second-order valence-corrected chi connectivity index (χ2v) is 5.97. The molecular formula is C13H17BrClFN2O. The molecule has 1 aromatic rings. The lowest BCUT2D eigenvalue weighted by atomic mass is 9.90. The number of hydrogen-bond donors (Lipinski definition) is 1. The highest BCUT2D eigenvalue weighted by molar-refractivity contribution is 9.10. The van der Waals surface area contributed by atoms with Crippen LogP contribution >= 0.6 is 28.3 Å². The van der Waals surface area contributed by atoms with Gasteiger partial charge in [0.15, 0.2) is 0 Å². The molecule has 1 saturated heterocycles. The van der Waals surface area contributed by atoms with E-state index < -0.39 is 0 Å². The normalized spacial score (nSPS) is 22.2. The molecule has 106 valence electrons. The van der Waals surface area contributed by atoms with Crippen molar-refractivity contribution in [3.63, 3.8) is 0 Å². The minimum absolute atomic E-state index is 0. The molecule has 1 atom stereocenters. The van der Waals surface area contributed by atoms with Gasteiger partial charge in [0.25, 0.3) is 5.91 Å². The molecule has 19 heavy (non-hydrogen) atoms. The third-order valence-electron chi connectivity index (χ3n) is 3.50. The highest BCUT2D eigenvalue weighted by Crippen LogP contribution is 2.30. The molecule has 2 N–H and O–H groups in total. The molecule has 1 aromatic carbocycles. The van der Waals surface area contributed by atoms with Gasteiger partial charge in [-0.25, -0.2) is 4.39 Å². The fourth-order valence-electron chi connectivity index (χ4n) is 2.20. The predicted octanol–water partition coefficient (Wildman–Crippen LogP) is 2.82. The molecule has 1 unspecified atom stereocenters. The Kier molecular flexibility index (Phi) is 5.35. The summed E-state index contributed by atoms with van der Waals surface area (Å²) in [7, 11) is 0. The van der Waals surface area contributed by atoms with E-state index in [1.807, 2.05) is 0 Å². The Bertz CT molecular complexity index is 486. The van der Waals surface area contributed by atoms with Crippen molar-refractivity contribution in [2.75, 3.05) is 19.6 Å². The molecule has 1 aliphatic rings. The minimum Gasteiger partial charge on any atom is -0.338 e. The zero-order valence-corrected chi connectivity index (χ0v) is 13.1.